The first-order chi connectivity index (χ1) is 14.6. The van der Waals surface area contributed by atoms with Crippen LogP contribution < -0.4 is 15.8 Å². The van der Waals surface area contributed by atoms with Crippen molar-refractivity contribution in [1.29, 1.82) is 0 Å². The van der Waals surface area contributed by atoms with Gasteiger partial charge in [0.25, 0.3) is 11.5 Å². The normalized spacial score (nSPS) is 19.8. The van der Waals surface area contributed by atoms with Gasteiger partial charge in [0.1, 0.15) is 11.5 Å². The van der Waals surface area contributed by atoms with Crippen molar-refractivity contribution in [3.05, 3.63) is 82.3 Å². The number of nitrogens with one attached hydrogen (secondary N) is 1. The number of benzene rings is 1. The van der Waals surface area contributed by atoms with Gasteiger partial charge in [-0.15, -0.1) is 0 Å². The molecule has 7 nitrogen and oxygen atoms in total. The molecule has 2 aromatic heterocycles. The molecular formula is C22H20FN5O2. The number of aromatic nitrogens is 3. The van der Waals surface area contributed by atoms with Crippen LogP contribution in [-0.2, 0) is 6.54 Å². The average Bonchev–Trinajstić information content (AvgIpc) is 2.77. The van der Waals surface area contributed by atoms with Crippen molar-refractivity contribution in [2.75, 3.05) is 23.3 Å². The van der Waals surface area contributed by atoms with Gasteiger partial charge in [0.2, 0.25) is 5.95 Å². The Morgan fingerprint density at radius 3 is 2.57 bits per heavy atom. The molecule has 2 bridgehead atoms. The van der Waals surface area contributed by atoms with Gasteiger partial charge in [0, 0.05) is 49.2 Å². The zero-order valence-electron chi connectivity index (χ0n) is 16.2. The van der Waals surface area contributed by atoms with E-state index in [1.807, 2.05) is 6.07 Å². The first-order valence-electron chi connectivity index (χ1n) is 9.91. The SMILES string of the molecule is O=C(Nc1ccc2n(c1=O)CC1CC2CN(c2ncccn2)C1)c1ccc(F)cc1. The van der Waals surface area contributed by atoms with Gasteiger partial charge >= 0.3 is 0 Å². The molecule has 2 unspecified atom stereocenters. The van der Waals surface area contributed by atoms with Crippen LogP contribution in [0.25, 0.3) is 0 Å². The molecule has 1 saturated heterocycles. The van der Waals surface area contributed by atoms with Gasteiger partial charge in [-0.1, -0.05) is 0 Å². The predicted molar refractivity (Wildman–Crippen MR) is 110 cm³/mol. The third kappa shape index (κ3) is 3.34. The number of fused-ring (bicyclic) bond motifs is 4. The van der Waals surface area contributed by atoms with Crippen molar-refractivity contribution in [1.82, 2.24) is 14.5 Å². The highest BCUT2D eigenvalue weighted by molar-refractivity contribution is 6.04. The average molecular weight is 405 g/mol. The summed E-state index contributed by atoms with van der Waals surface area (Å²) in [6, 6.07) is 10.6. The standard InChI is InChI=1S/C22H20FN5O2/c23-17-4-2-15(3-5-17)20(29)26-18-6-7-19-16-10-14(12-28(19)21(18)30)11-27(13-16)22-24-8-1-9-25-22/h1-9,14,16H,10-13H2,(H,26,29). The number of nitrogens with zero attached hydrogens (tertiary/aromatic N) is 4. The van der Waals surface area contributed by atoms with Crippen LogP contribution in [0.2, 0.25) is 0 Å². The van der Waals surface area contributed by atoms with Crippen LogP contribution >= 0.6 is 0 Å². The minimum atomic E-state index is -0.434. The number of pyridine rings is 1. The fourth-order valence-corrected chi connectivity index (χ4v) is 4.45. The summed E-state index contributed by atoms with van der Waals surface area (Å²) in [7, 11) is 0. The molecule has 5 rings (SSSR count). The van der Waals surface area contributed by atoms with E-state index in [1.165, 1.54) is 24.3 Å². The number of anilines is 2. The molecule has 2 atom stereocenters. The number of rotatable bonds is 3. The van der Waals surface area contributed by atoms with Crippen LogP contribution in [0.15, 0.2) is 59.7 Å². The highest BCUT2D eigenvalue weighted by Gasteiger charge is 2.35. The van der Waals surface area contributed by atoms with Crippen molar-refractivity contribution >= 4 is 17.5 Å². The van der Waals surface area contributed by atoms with Crippen molar-refractivity contribution < 1.29 is 9.18 Å². The lowest BCUT2D eigenvalue weighted by Crippen LogP contribution is -2.48. The molecule has 30 heavy (non-hydrogen) atoms. The summed E-state index contributed by atoms with van der Waals surface area (Å²) in [5.41, 5.74) is 1.30. The van der Waals surface area contributed by atoms with Crippen molar-refractivity contribution in [3.63, 3.8) is 0 Å². The molecule has 1 amide bonds. The molecule has 1 aromatic carbocycles. The van der Waals surface area contributed by atoms with Crippen molar-refractivity contribution in [2.24, 2.45) is 5.92 Å². The molecule has 2 aliphatic heterocycles. The highest BCUT2D eigenvalue weighted by Crippen LogP contribution is 2.36. The summed E-state index contributed by atoms with van der Waals surface area (Å²) in [6.07, 6.45) is 4.49. The molecule has 0 saturated carbocycles. The molecule has 152 valence electrons. The second-order valence-electron chi connectivity index (χ2n) is 7.80. The number of hydrogen-bond donors (Lipinski definition) is 1. The quantitative estimate of drug-likeness (QED) is 0.725. The fraction of sp³-hybridized carbons (Fsp3) is 0.273. The van der Waals surface area contributed by atoms with E-state index in [4.69, 9.17) is 0 Å². The van der Waals surface area contributed by atoms with Crippen LogP contribution in [0.5, 0.6) is 0 Å². The van der Waals surface area contributed by atoms with E-state index in [-0.39, 0.29) is 17.2 Å². The number of amides is 1. The molecule has 1 fully saturated rings. The number of halogens is 1. The lowest BCUT2D eigenvalue weighted by atomic mass is 9.83. The summed E-state index contributed by atoms with van der Waals surface area (Å²) in [5, 5.41) is 2.67. The third-order valence-corrected chi connectivity index (χ3v) is 5.79. The van der Waals surface area contributed by atoms with E-state index in [9.17, 15) is 14.0 Å². The number of piperidine rings is 1. The lowest BCUT2D eigenvalue weighted by Gasteiger charge is -2.42. The van der Waals surface area contributed by atoms with E-state index in [0.29, 0.717) is 24.0 Å². The number of carbonyl (C=O) groups is 1. The minimum absolute atomic E-state index is 0.204. The molecule has 0 spiro atoms. The Kier molecular flexibility index (Phi) is 4.54. The van der Waals surface area contributed by atoms with Crippen LogP contribution in [-0.4, -0.2) is 33.5 Å². The smallest absolute Gasteiger partial charge is 0.274 e. The fourth-order valence-electron chi connectivity index (χ4n) is 4.45. The Balaban J connectivity index is 1.40. The van der Waals surface area contributed by atoms with Gasteiger partial charge in [-0.05, 0) is 54.8 Å². The Morgan fingerprint density at radius 1 is 1.03 bits per heavy atom. The van der Waals surface area contributed by atoms with Gasteiger partial charge in [-0.25, -0.2) is 14.4 Å². The van der Waals surface area contributed by atoms with E-state index in [1.54, 1.807) is 29.1 Å². The van der Waals surface area contributed by atoms with E-state index in [0.717, 1.165) is 25.2 Å². The number of hydrogen-bond acceptors (Lipinski definition) is 5. The van der Waals surface area contributed by atoms with Gasteiger partial charge in [-0.3, -0.25) is 9.59 Å². The molecule has 3 aromatic rings. The summed E-state index contributed by atoms with van der Waals surface area (Å²) in [4.78, 5) is 36.4. The van der Waals surface area contributed by atoms with E-state index < -0.39 is 11.7 Å². The monoisotopic (exact) mass is 405 g/mol. The molecule has 4 heterocycles. The second kappa shape index (κ2) is 7.37. The van der Waals surface area contributed by atoms with E-state index in [2.05, 4.69) is 20.2 Å². The summed E-state index contributed by atoms with van der Waals surface area (Å²) in [6.45, 7) is 2.13. The predicted octanol–water partition coefficient (Wildman–Crippen LogP) is 2.65. The maximum absolute atomic E-state index is 13.1. The maximum atomic E-state index is 13.1. The topological polar surface area (TPSA) is 80.1 Å². The molecule has 1 N–H and O–H groups in total. The van der Waals surface area contributed by atoms with Crippen molar-refractivity contribution in [2.45, 2.75) is 18.9 Å². The summed E-state index contributed by atoms with van der Waals surface area (Å²) >= 11 is 0. The van der Waals surface area contributed by atoms with Gasteiger partial charge in [-0.2, -0.15) is 0 Å². The molecule has 0 radical (unpaired) electrons. The van der Waals surface area contributed by atoms with Crippen LogP contribution in [0.1, 0.15) is 28.4 Å². The first kappa shape index (κ1) is 18.5. The first-order valence-corrected chi connectivity index (χ1v) is 9.91. The second-order valence-corrected chi connectivity index (χ2v) is 7.80. The minimum Gasteiger partial charge on any atom is -0.340 e. The van der Waals surface area contributed by atoms with Gasteiger partial charge in [0.15, 0.2) is 0 Å². The Hall–Kier alpha value is -3.55. The molecular weight excluding hydrogens is 385 g/mol. The molecule has 8 heteroatoms. The highest BCUT2D eigenvalue weighted by atomic mass is 19.1. The number of carbonyl (C=O) groups excluding carboxylic acids is 1. The zero-order chi connectivity index (χ0) is 20.7. The van der Waals surface area contributed by atoms with Gasteiger partial charge < -0.3 is 14.8 Å². The van der Waals surface area contributed by atoms with Crippen LogP contribution in [0.3, 0.4) is 0 Å². The molecule has 2 aliphatic rings. The van der Waals surface area contributed by atoms with Crippen LogP contribution in [0.4, 0.5) is 16.0 Å². The van der Waals surface area contributed by atoms with E-state index >= 15 is 0 Å². The summed E-state index contributed by atoms with van der Waals surface area (Å²) < 4.78 is 14.9. The Morgan fingerprint density at radius 2 is 1.80 bits per heavy atom. The molecule has 0 aliphatic carbocycles. The summed E-state index contributed by atoms with van der Waals surface area (Å²) in [5.74, 6) is 0.376. The van der Waals surface area contributed by atoms with Crippen molar-refractivity contribution in [3.8, 4) is 0 Å². The largest absolute Gasteiger partial charge is 0.340 e. The zero-order valence-corrected chi connectivity index (χ0v) is 16.2. The Bertz CT molecular complexity index is 1150. The lowest BCUT2D eigenvalue weighted by molar-refractivity contribution is 0.102. The van der Waals surface area contributed by atoms with Gasteiger partial charge in [0.05, 0.1) is 0 Å². The third-order valence-electron chi connectivity index (χ3n) is 5.79. The van der Waals surface area contributed by atoms with Crippen LogP contribution in [0, 0.1) is 11.7 Å². The Labute approximate surface area is 172 Å². The maximum Gasteiger partial charge on any atom is 0.274 e.